The van der Waals surface area contributed by atoms with Crippen LogP contribution in [0.5, 0.6) is 0 Å². The van der Waals surface area contributed by atoms with Gasteiger partial charge < -0.3 is 5.32 Å². The van der Waals surface area contributed by atoms with Crippen molar-refractivity contribution in [2.24, 2.45) is 0 Å². The van der Waals surface area contributed by atoms with E-state index in [0.29, 0.717) is 16.8 Å². The Kier molecular flexibility index (Phi) is 3.69. The molecule has 1 aliphatic heterocycles. The normalized spacial score (nSPS) is 16.0. The first-order chi connectivity index (χ1) is 11.0. The van der Waals surface area contributed by atoms with Crippen molar-refractivity contribution in [2.45, 2.75) is 0 Å². The average molecular weight is 328 g/mol. The topological polar surface area (TPSA) is 66.5 Å². The van der Waals surface area contributed by atoms with E-state index in [9.17, 15) is 13.2 Å². The number of carbonyl (C=O) groups excluding carboxylic acids is 1. The molecule has 0 saturated carbocycles. The number of fused-ring (bicyclic) bond motifs is 1. The number of amides is 1. The monoisotopic (exact) mass is 328 g/mol. The van der Waals surface area contributed by atoms with Crippen LogP contribution in [0, 0.1) is 0 Å². The summed E-state index contributed by atoms with van der Waals surface area (Å²) in [5.74, 6) is -0.620. The van der Waals surface area contributed by atoms with Crippen LogP contribution in [-0.2, 0) is 14.8 Å². The highest BCUT2D eigenvalue weighted by atomic mass is 32.2. The van der Waals surface area contributed by atoms with Crippen molar-refractivity contribution in [3.8, 4) is 0 Å². The third-order valence-corrected chi connectivity index (χ3v) is 5.68. The molecule has 0 radical (unpaired) electrons. The van der Waals surface area contributed by atoms with Gasteiger partial charge >= 0.3 is 0 Å². The summed E-state index contributed by atoms with van der Waals surface area (Å²) >= 11 is 0. The van der Waals surface area contributed by atoms with Gasteiger partial charge in [0, 0.05) is 25.2 Å². The van der Waals surface area contributed by atoms with Crippen molar-refractivity contribution < 1.29 is 13.2 Å². The van der Waals surface area contributed by atoms with Crippen molar-refractivity contribution >= 4 is 27.2 Å². The summed E-state index contributed by atoms with van der Waals surface area (Å²) < 4.78 is 26.9. The molecule has 0 spiro atoms. The first-order valence-corrected chi connectivity index (χ1v) is 8.52. The Morgan fingerprint density at radius 3 is 2.26 bits per heavy atom. The standard InChI is InChI=1S/C17H16N2O3S/c1-18-17(20)16-15(12-8-4-3-5-9-12)13-10-6-7-11-14(13)19(2)23(16,21)22/h3-11H,1-2H3,(H,18,20). The van der Waals surface area contributed by atoms with Crippen molar-refractivity contribution in [3.63, 3.8) is 0 Å². The summed E-state index contributed by atoms with van der Waals surface area (Å²) in [6, 6.07) is 16.2. The molecule has 2 aromatic rings. The van der Waals surface area contributed by atoms with Gasteiger partial charge in [0.2, 0.25) is 0 Å². The lowest BCUT2D eigenvalue weighted by Crippen LogP contribution is -2.38. The van der Waals surface area contributed by atoms with Crippen LogP contribution >= 0.6 is 0 Å². The van der Waals surface area contributed by atoms with E-state index in [1.807, 2.05) is 30.3 Å². The summed E-state index contributed by atoms with van der Waals surface area (Å²) in [6.45, 7) is 0. The van der Waals surface area contributed by atoms with Gasteiger partial charge in [-0.05, 0) is 11.6 Å². The van der Waals surface area contributed by atoms with Crippen molar-refractivity contribution in [1.29, 1.82) is 0 Å². The molecule has 0 fully saturated rings. The highest BCUT2D eigenvalue weighted by Crippen LogP contribution is 2.41. The van der Waals surface area contributed by atoms with E-state index in [1.165, 1.54) is 14.1 Å². The van der Waals surface area contributed by atoms with Gasteiger partial charge in [0.05, 0.1) is 5.69 Å². The van der Waals surface area contributed by atoms with Gasteiger partial charge in [0.15, 0.2) is 4.91 Å². The fourth-order valence-electron chi connectivity index (χ4n) is 2.71. The lowest BCUT2D eigenvalue weighted by atomic mass is 9.95. The minimum atomic E-state index is -3.92. The lowest BCUT2D eigenvalue weighted by Gasteiger charge is -2.30. The molecular formula is C17H16N2O3S. The molecule has 23 heavy (non-hydrogen) atoms. The molecule has 0 atom stereocenters. The summed E-state index contributed by atoms with van der Waals surface area (Å²) in [5, 5.41) is 2.44. The maximum atomic E-state index is 12.9. The molecule has 0 unspecified atom stereocenters. The number of rotatable bonds is 2. The quantitative estimate of drug-likeness (QED) is 0.916. The maximum absolute atomic E-state index is 12.9. The number of sulfonamides is 1. The fourth-order valence-corrected chi connectivity index (χ4v) is 4.23. The lowest BCUT2D eigenvalue weighted by molar-refractivity contribution is -0.116. The molecule has 5 nitrogen and oxygen atoms in total. The zero-order valence-electron chi connectivity index (χ0n) is 12.8. The van der Waals surface area contributed by atoms with Crippen LogP contribution < -0.4 is 9.62 Å². The number of carbonyl (C=O) groups is 1. The van der Waals surface area contributed by atoms with Gasteiger partial charge in [-0.1, -0.05) is 48.5 Å². The minimum absolute atomic E-state index is 0.229. The average Bonchev–Trinajstić information content (AvgIpc) is 2.58. The predicted octanol–water partition coefficient (Wildman–Crippen LogP) is 1.97. The van der Waals surface area contributed by atoms with Crippen molar-refractivity contribution in [1.82, 2.24) is 5.32 Å². The molecule has 2 aromatic carbocycles. The van der Waals surface area contributed by atoms with Gasteiger partial charge in [0.25, 0.3) is 15.9 Å². The fraction of sp³-hybridized carbons (Fsp3) is 0.118. The van der Waals surface area contributed by atoms with E-state index in [1.54, 1.807) is 24.3 Å². The summed E-state index contributed by atoms with van der Waals surface area (Å²) in [7, 11) is -1.04. The molecule has 3 rings (SSSR count). The zero-order chi connectivity index (χ0) is 16.6. The molecule has 0 saturated heterocycles. The molecule has 1 N–H and O–H groups in total. The summed E-state index contributed by atoms with van der Waals surface area (Å²) in [5.41, 5.74) is 2.39. The Balaban J connectivity index is 2.46. The molecule has 6 heteroatoms. The molecule has 0 bridgehead atoms. The molecular weight excluding hydrogens is 312 g/mol. The number of likely N-dealkylation sites (N-methyl/N-ethyl adjacent to an activating group) is 1. The molecule has 1 amide bonds. The zero-order valence-corrected chi connectivity index (χ0v) is 13.6. The van der Waals surface area contributed by atoms with Gasteiger partial charge in [-0.3, -0.25) is 9.10 Å². The first kappa shape index (κ1) is 15.3. The van der Waals surface area contributed by atoms with Crippen LogP contribution in [0.15, 0.2) is 59.5 Å². The molecule has 0 aromatic heterocycles. The largest absolute Gasteiger partial charge is 0.354 e. The van der Waals surface area contributed by atoms with E-state index in [2.05, 4.69) is 5.32 Å². The predicted molar refractivity (Wildman–Crippen MR) is 90.3 cm³/mol. The Hall–Kier alpha value is -2.60. The first-order valence-electron chi connectivity index (χ1n) is 7.08. The number of hydrogen-bond acceptors (Lipinski definition) is 3. The van der Waals surface area contributed by atoms with E-state index >= 15 is 0 Å². The van der Waals surface area contributed by atoms with Crippen LogP contribution in [0.25, 0.3) is 5.57 Å². The molecule has 0 aliphatic carbocycles. The summed E-state index contributed by atoms with van der Waals surface area (Å²) in [6.07, 6.45) is 0. The second-order valence-electron chi connectivity index (χ2n) is 5.14. The van der Waals surface area contributed by atoms with Crippen molar-refractivity contribution in [3.05, 3.63) is 70.6 Å². The van der Waals surface area contributed by atoms with E-state index < -0.39 is 15.9 Å². The number of benzene rings is 2. The number of anilines is 1. The van der Waals surface area contributed by atoms with Gasteiger partial charge in [0.1, 0.15) is 0 Å². The number of para-hydroxylation sites is 1. The third kappa shape index (κ3) is 2.31. The van der Waals surface area contributed by atoms with E-state index in [0.717, 1.165) is 9.87 Å². The maximum Gasteiger partial charge on any atom is 0.270 e. The molecule has 1 aliphatic rings. The van der Waals surface area contributed by atoms with E-state index in [-0.39, 0.29) is 4.91 Å². The Bertz CT molecular complexity index is 902. The summed E-state index contributed by atoms with van der Waals surface area (Å²) in [4.78, 5) is 12.1. The Morgan fingerprint density at radius 2 is 1.61 bits per heavy atom. The van der Waals surface area contributed by atoms with Crippen LogP contribution in [0.2, 0.25) is 0 Å². The smallest absolute Gasteiger partial charge is 0.270 e. The van der Waals surface area contributed by atoms with Gasteiger partial charge in [-0.15, -0.1) is 0 Å². The van der Waals surface area contributed by atoms with Crippen LogP contribution in [0.3, 0.4) is 0 Å². The minimum Gasteiger partial charge on any atom is -0.354 e. The number of nitrogens with one attached hydrogen (secondary N) is 1. The van der Waals surface area contributed by atoms with Gasteiger partial charge in [-0.25, -0.2) is 8.42 Å². The second-order valence-corrected chi connectivity index (χ2v) is 7.05. The van der Waals surface area contributed by atoms with Crippen LogP contribution in [-0.4, -0.2) is 28.4 Å². The van der Waals surface area contributed by atoms with Crippen molar-refractivity contribution in [2.75, 3.05) is 18.4 Å². The van der Waals surface area contributed by atoms with Crippen LogP contribution in [0.1, 0.15) is 11.1 Å². The Morgan fingerprint density at radius 1 is 1.00 bits per heavy atom. The highest BCUT2D eigenvalue weighted by molar-refractivity contribution is 7.97. The third-order valence-electron chi connectivity index (χ3n) is 3.85. The Labute approximate surface area is 135 Å². The number of hydrogen-bond donors (Lipinski definition) is 1. The number of nitrogens with zero attached hydrogens (tertiary/aromatic N) is 1. The SMILES string of the molecule is CNC(=O)C1=C(c2ccccc2)c2ccccc2N(C)S1(=O)=O. The highest BCUT2D eigenvalue weighted by Gasteiger charge is 2.38. The molecule has 1 heterocycles. The second kappa shape index (κ2) is 5.55. The van der Waals surface area contributed by atoms with Crippen LogP contribution in [0.4, 0.5) is 5.69 Å². The van der Waals surface area contributed by atoms with E-state index in [4.69, 9.17) is 0 Å². The van der Waals surface area contributed by atoms with Gasteiger partial charge in [-0.2, -0.15) is 0 Å². The molecule has 118 valence electrons.